The molecule has 0 N–H and O–H groups in total. The van der Waals surface area contributed by atoms with Crippen molar-refractivity contribution in [2.45, 2.75) is 25.2 Å². The number of pyridine rings is 1. The van der Waals surface area contributed by atoms with Crippen LogP contribution in [0.3, 0.4) is 0 Å². The SMILES string of the molecule is CN1C[C@@H](C(=O)N2CCC(c3nn(C)c4ncccc34)CC2)CC1=O. The number of rotatable bonds is 2. The summed E-state index contributed by atoms with van der Waals surface area (Å²) in [6, 6.07) is 4.02. The molecule has 4 heterocycles. The minimum Gasteiger partial charge on any atom is -0.345 e. The Balaban J connectivity index is 1.44. The van der Waals surface area contributed by atoms with Crippen LogP contribution in [0.25, 0.3) is 11.0 Å². The topological polar surface area (TPSA) is 71.3 Å². The molecule has 1 atom stereocenters. The van der Waals surface area contributed by atoms with Gasteiger partial charge >= 0.3 is 0 Å². The van der Waals surface area contributed by atoms with Crippen LogP contribution in [0.4, 0.5) is 0 Å². The molecule has 2 fully saturated rings. The Morgan fingerprint density at radius 3 is 2.68 bits per heavy atom. The zero-order valence-corrected chi connectivity index (χ0v) is 14.7. The largest absolute Gasteiger partial charge is 0.345 e. The molecule has 0 aliphatic carbocycles. The second-order valence-electron chi connectivity index (χ2n) is 7.16. The molecule has 4 rings (SSSR count). The molecule has 7 heteroatoms. The van der Waals surface area contributed by atoms with E-state index in [1.165, 1.54) is 0 Å². The number of carbonyl (C=O) groups is 2. The average Bonchev–Trinajstić information content (AvgIpc) is 3.15. The van der Waals surface area contributed by atoms with E-state index in [2.05, 4.69) is 16.1 Å². The minimum absolute atomic E-state index is 0.0701. The maximum absolute atomic E-state index is 12.7. The lowest BCUT2D eigenvalue weighted by Gasteiger charge is -2.33. The van der Waals surface area contributed by atoms with Gasteiger partial charge in [0.2, 0.25) is 11.8 Å². The number of hydrogen-bond acceptors (Lipinski definition) is 4. The smallest absolute Gasteiger partial charge is 0.227 e. The van der Waals surface area contributed by atoms with E-state index in [1.807, 2.05) is 22.7 Å². The number of aryl methyl sites for hydroxylation is 1. The molecule has 2 aliphatic heterocycles. The van der Waals surface area contributed by atoms with Gasteiger partial charge in [-0.1, -0.05) is 0 Å². The lowest BCUT2D eigenvalue weighted by atomic mass is 9.91. The molecule has 2 aromatic heterocycles. The van der Waals surface area contributed by atoms with Crippen LogP contribution < -0.4 is 0 Å². The molecule has 2 aliphatic rings. The van der Waals surface area contributed by atoms with Gasteiger partial charge in [0.15, 0.2) is 5.65 Å². The molecule has 25 heavy (non-hydrogen) atoms. The first-order valence-corrected chi connectivity index (χ1v) is 8.85. The Labute approximate surface area is 146 Å². The molecule has 0 spiro atoms. The zero-order valence-electron chi connectivity index (χ0n) is 14.7. The predicted molar refractivity (Wildman–Crippen MR) is 92.8 cm³/mol. The van der Waals surface area contributed by atoms with Gasteiger partial charge in [-0.15, -0.1) is 0 Å². The van der Waals surface area contributed by atoms with Gasteiger partial charge in [0.1, 0.15) is 0 Å². The summed E-state index contributed by atoms with van der Waals surface area (Å²) in [5, 5.41) is 5.79. The first kappa shape index (κ1) is 16.1. The molecule has 0 unspecified atom stereocenters. The third-order valence-corrected chi connectivity index (χ3v) is 5.51. The molecule has 7 nitrogen and oxygen atoms in total. The first-order chi connectivity index (χ1) is 12.0. The Hall–Kier alpha value is -2.44. The van der Waals surface area contributed by atoms with Crippen molar-refractivity contribution in [2.24, 2.45) is 13.0 Å². The van der Waals surface area contributed by atoms with Crippen LogP contribution in [0, 0.1) is 5.92 Å². The fourth-order valence-electron chi connectivity index (χ4n) is 4.08. The summed E-state index contributed by atoms with van der Waals surface area (Å²) in [5.74, 6) is 0.378. The van der Waals surface area contributed by atoms with Crippen molar-refractivity contribution in [1.29, 1.82) is 0 Å². The standard InChI is InChI=1S/C18H23N5O2/c1-21-11-13(10-15(21)24)18(25)23-8-5-12(6-9-23)16-14-4-3-7-19-17(14)22(2)20-16/h3-4,7,12-13H,5-6,8-11H2,1-2H3/t13-/m0/s1. The number of nitrogens with zero attached hydrogens (tertiary/aromatic N) is 5. The molecular formula is C18H23N5O2. The third-order valence-electron chi connectivity index (χ3n) is 5.51. The quantitative estimate of drug-likeness (QED) is 0.822. The highest BCUT2D eigenvalue weighted by molar-refractivity contribution is 5.89. The van der Waals surface area contributed by atoms with Crippen LogP contribution in [0.15, 0.2) is 18.3 Å². The Morgan fingerprint density at radius 1 is 1.24 bits per heavy atom. The maximum Gasteiger partial charge on any atom is 0.227 e. The number of piperidine rings is 1. The molecule has 0 saturated carbocycles. The number of likely N-dealkylation sites (tertiary alicyclic amines) is 2. The van der Waals surface area contributed by atoms with E-state index in [1.54, 1.807) is 18.1 Å². The number of aromatic nitrogens is 3. The van der Waals surface area contributed by atoms with Gasteiger partial charge in [-0.25, -0.2) is 4.98 Å². The van der Waals surface area contributed by atoms with Gasteiger partial charge < -0.3 is 9.80 Å². The summed E-state index contributed by atoms with van der Waals surface area (Å²) in [6.07, 6.45) is 3.95. The second-order valence-corrected chi connectivity index (χ2v) is 7.16. The van der Waals surface area contributed by atoms with Crippen molar-refractivity contribution < 1.29 is 9.59 Å². The Kier molecular flexibility index (Phi) is 3.94. The summed E-state index contributed by atoms with van der Waals surface area (Å²) < 4.78 is 1.84. The summed E-state index contributed by atoms with van der Waals surface area (Å²) in [4.78, 5) is 32.3. The second kappa shape index (κ2) is 6.13. The predicted octanol–water partition coefficient (Wildman–Crippen LogP) is 1.15. The van der Waals surface area contributed by atoms with Crippen LogP contribution in [-0.4, -0.2) is 63.1 Å². The molecule has 2 aromatic rings. The number of carbonyl (C=O) groups excluding carboxylic acids is 2. The van der Waals surface area contributed by atoms with Gasteiger partial charge in [0, 0.05) is 57.7 Å². The summed E-state index contributed by atoms with van der Waals surface area (Å²) in [6.45, 7) is 2.01. The third kappa shape index (κ3) is 2.77. The van der Waals surface area contributed by atoms with Crippen LogP contribution >= 0.6 is 0 Å². The fourth-order valence-corrected chi connectivity index (χ4v) is 4.08. The van der Waals surface area contributed by atoms with Crippen LogP contribution in [0.5, 0.6) is 0 Å². The highest BCUT2D eigenvalue weighted by Crippen LogP contribution is 2.32. The van der Waals surface area contributed by atoms with Gasteiger partial charge in [0.25, 0.3) is 0 Å². The minimum atomic E-state index is -0.172. The maximum atomic E-state index is 12.7. The highest BCUT2D eigenvalue weighted by Gasteiger charge is 2.36. The molecule has 0 aromatic carbocycles. The first-order valence-electron chi connectivity index (χ1n) is 8.85. The van der Waals surface area contributed by atoms with Crippen molar-refractivity contribution in [3.05, 3.63) is 24.0 Å². The van der Waals surface area contributed by atoms with Crippen molar-refractivity contribution >= 4 is 22.8 Å². The Morgan fingerprint density at radius 2 is 2.00 bits per heavy atom. The van der Waals surface area contributed by atoms with Gasteiger partial charge in [-0.2, -0.15) is 5.10 Å². The summed E-state index contributed by atoms with van der Waals surface area (Å²) in [5.41, 5.74) is 2.00. The molecule has 2 saturated heterocycles. The number of hydrogen-bond donors (Lipinski definition) is 0. The summed E-state index contributed by atoms with van der Waals surface area (Å²) >= 11 is 0. The van der Waals surface area contributed by atoms with Crippen LogP contribution in [0.1, 0.15) is 30.9 Å². The molecule has 0 bridgehead atoms. The summed E-state index contributed by atoms with van der Waals surface area (Å²) in [7, 11) is 3.69. The van der Waals surface area contributed by atoms with E-state index >= 15 is 0 Å². The molecular weight excluding hydrogens is 318 g/mol. The van der Waals surface area contributed by atoms with E-state index in [-0.39, 0.29) is 17.7 Å². The lowest BCUT2D eigenvalue weighted by molar-refractivity contribution is -0.136. The fraction of sp³-hybridized carbons (Fsp3) is 0.556. The average molecular weight is 341 g/mol. The number of amides is 2. The molecule has 132 valence electrons. The van der Waals surface area contributed by atoms with Crippen LogP contribution in [0.2, 0.25) is 0 Å². The molecule has 2 amide bonds. The Bertz CT molecular complexity index is 822. The van der Waals surface area contributed by atoms with Gasteiger partial charge in [-0.05, 0) is 25.0 Å². The van der Waals surface area contributed by atoms with Crippen molar-refractivity contribution in [3.63, 3.8) is 0 Å². The van der Waals surface area contributed by atoms with E-state index in [0.717, 1.165) is 42.7 Å². The monoisotopic (exact) mass is 341 g/mol. The van der Waals surface area contributed by atoms with Crippen molar-refractivity contribution in [3.8, 4) is 0 Å². The van der Waals surface area contributed by atoms with Gasteiger partial charge in [-0.3, -0.25) is 14.3 Å². The van der Waals surface area contributed by atoms with E-state index in [9.17, 15) is 9.59 Å². The van der Waals surface area contributed by atoms with E-state index in [0.29, 0.717) is 18.9 Å². The van der Waals surface area contributed by atoms with E-state index < -0.39 is 0 Å². The van der Waals surface area contributed by atoms with E-state index in [4.69, 9.17) is 0 Å². The lowest BCUT2D eigenvalue weighted by Crippen LogP contribution is -2.42. The number of fused-ring (bicyclic) bond motifs is 1. The van der Waals surface area contributed by atoms with Gasteiger partial charge in [0.05, 0.1) is 11.6 Å². The van der Waals surface area contributed by atoms with Crippen molar-refractivity contribution in [1.82, 2.24) is 24.6 Å². The van der Waals surface area contributed by atoms with Crippen LogP contribution in [-0.2, 0) is 16.6 Å². The van der Waals surface area contributed by atoms with Crippen molar-refractivity contribution in [2.75, 3.05) is 26.7 Å². The molecule has 0 radical (unpaired) electrons. The highest BCUT2D eigenvalue weighted by atomic mass is 16.2. The zero-order chi connectivity index (χ0) is 17.6. The normalized spacial score (nSPS) is 22.2.